The Morgan fingerprint density at radius 1 is 0.917 bits per heavy atom. The molecule has 24 heavy (non-hydrogen) atoms. The van der Waals surface area contributed by atoms with Gasteiger partial charge in [-0.2, -0.15) is 4.98 Å². The first-order chi connectivity index (χ1) is 11.5. The van der Waals surface area contributed by atoms with Gasteiger partial charge in [-0.3, -0.25) is 0 Å². The maximum absolute atomic E-state index is 13.7. The van der Waals surface area contributed by atoms with Crippen LogP contribution in [0.1, 0.15) is 0 Å². The quantitative estimate of drug-likeness (QED) is 0.601. The van der Waals surface area contributed by atoms with E-state index in [0.29, 0.717) is 0 Å². The third-order valence-corrected chi connectivity index (χ3v) is 3.53. The normalized spacial score (nSPS) is 10.5. The van der Waals surface area contributed by atoms with Gasteiger partial charge >= 0.3 is 0 Å². The van der Waals surface area contributed by atoms with E-state index in [2.05, 4.69) is 36.5 Å². The van der Waals surface area contributed by atoms with Crippen LogP contribution in [0.4, 0.5) is 36.3 Å². The Bertz CT molecular complexity index is 889. The van der Waals surface area contributed by atoms with E-state index in [1.165, 1.54) is 12.3 Å². The van der Waals surface area contributed by atoms with Crippen molar-refractivity contribution in [1.82, 2.24) is 9.97 Å². The van der Waals surface area contributed by atoms with Crippen molar-refractivity contribution in [2.45, 2.75) is 0 Å². The fourth-order valence-corrected chi connectivity index (χ4v) is 2.34. The molecule has 0 radical (unpaired) electrons. The minimum Gasteiger partial charge on any atom is -0.338 e. The van der Waals surface area contributed by atoms with Gasteiger partial charge in [-0.25, -0.2) is 18.2 Å². The first-order valence-corrected chi connectivity index (χ1v) is 7.58. The molecule has 3 rings (SSSR count). The van der Waals surface area contributed by atoms with Crippen molar-refractivity contribution < 1.29 is 13.2 Å². The lowest BCUT2D eigenvalue weighted by atomic mass is 10.3. The molecule has 0 amide bonds. The molecule has 4 nitrogen and oxygen atoms in total. The van der Waals surface area contributed by atoms with Crippen molar-refractivity contribution in [2.24, 2.45) is 0 Å². The molecular weight excluding hydrogens is 385 g/mol. The molecule has 0 aliphatic heterocycles. The van der Waals surface area contributed by atoms with E-state index in [0.717, 1.165) is 22.3 Å². The maximum Gasteiger partial charge on any atom is 0.229 e. The van der Waals surface area contributed by atoms with Gasteiger partial charge in [0.2, 0.25) is 5.95 Å². The van der Waals surface area contributed by atoms with Crippen LogP contribution in [0.25, 0.3) is 0 Å². The maximum atomic E-state index is 13.7. The Balaban J connectivity index is 1.82. The first-order valence-electron chi connectivity index (χ1n) is 6.79. The van der Waals surface area contributed by atoms with Crippen molar-refractivity contribution in [3.63, 3.8) is 0 Å². The second-order valence-corrected chi connectivity index (χ2v) is 5.66. The van der Waals surface area contributed by atoms with Crippen molar-refractivity contribution in [3.8, 4) is 0 Å². The number of benzene rings is 2. The van der Waals surface area contributed by atoms with Crippen LogP contribution in [-0.2, 0) is 0 Å². The molecule has 0 fully saturated rings. The number of nitrogens with one attached hydrogen (secondary N) is 2. The van der Waals surface area contributed by atoms with Gasteiger partial charge in [0.05, 0.1) is 5.69 Å². The Morgan fingerprint density at radius 3 is 2.54 bits per heavy atom. The van der Waals surface area contributed by atoms with E-state index in [1.54, 1.807) is 0 Å². The zero-order chi connectivity index (χ0) is 17.1. The third-order valence-electron chi connectivity index (χ3n) is 3.03. The minimum absolute atomic E-state index is 0.221. The van der Waals surface area contributed by atoms with Crippen molar-refractivity contribution >= 4 is 39.1 Å². The highest BCUT2D eigenvalue weighted by molar-refractivity contribution is 9.10. The van der Waals surface area contributed by atoms with E-state index in [4.69, 9.17) is 0 Å². The number of aromatic nitrogens is 2. The second-order valence-electron chi connectivity index (χ2n) is 4.75. The van der Waals surface area contributed by atoms with Crippen LogP contribution >= 0.6 is 15.9 Å². The molecule has 0 bridgehead atoms. The highest BCUT2D eigenvalue weighted by Crippen LogP contribution is 2.24. The van der Waals surface area contributed by atoms with Crippen LogP contribution in [0.15, 0.2) is 53.1 Å². The number of hydrogen-bond acceptors (Lipinski definition) is 4. The standard InChI is InChI=1S/C16H10BrF3N4/c17-9-2-1-3-10(8-9)22-16-21-7-6-13(24-16)23-12-5-4-11(18)14(19)15(12)20/h1-8H,(H2,21,22,23,24). The Hall–Kier alpha value is -2.61. The molecule has 3 aromatic rings. The molecule has 0 atom stereocenters. The molecule has 0 unspecified atom stereocenters. The molecule has 122 valence electrons. The van der Waals surface area contributed by atoms with Gasteiger partial charge in [-0.1, -0.05) is 22.0 Å². The van der Waals surface area contributed by atoms with E-state index in [-0.39, 0.29) is 17.5 Å². The van der Waals surface area contributed by atoms with Crippen molar-refractivity contribution in [1.29, 1.82) is 0 Å². The second kappa shape index (κ2) is 6.88. The molecule has 1 aromatic heterocycles. The molecule has 0 aliphatic rings. The monoisotopic (exact) mass is 394 g/mol. The van der Waals surface area contributed by atoms with Crippen LogP contribution < -0.4 is 10.6 Å². The summed E-state index contributed by atoms with van der Waals surface area (Å²) in [5, 5.41) is 5.58. The summed E-state index contributed by atoms with van der Waals surface area (Å²) in [7, 11) is 0. The van der Waals surface area contributed by atoms with Gasteiger partial charge in [0.25, 0.3) is 0 Å². The highest BCUT2D eigenvalue weighted by Gasteiger charge is 2.14. The van der Waals surface area contributed by atoms with Crippen molar-refractivity contribution in [3.05, 3.63) is 70.6 Å². The van der Waals surface area contributed by atoms with Gasteiger partial charge in [0.15, 0.2) is 17.5 Å². The van der Waals surface area contributed by atoms with Crippen molar-refractivity contribution in [2.75, 3.05) is 10.6 Å². The van der Waals surface area contributed by atoms with E-state index >= 15 is 0 Å². The largest absolute Gasteiger partial charge is 0.338 e. The summed E-state index contributed by atoms with van der Waals surface area (Å²) in [6.45, 7) is 0. The number of anilines is 4. The molecule has 0 saturated carbocycles. The molecule has 0 spiro atoms. The summed E-state index contributed by atoms with van der Waals surface area (Å²) in [4.78, 5) is 8.21. The number of nitrogens with zero attached hydrogens (tertiary/aromatic N) is 2. The van der Waals surface area contributed by atoms with Crippen LogP contribution in [0.3, 0.4) is 0 Å². The fraction of sp³-hybridized carbons (Fsp3) is 0. The predicted molar refractivity (Wildman–Crippen MR) is 89.1 cm³/mol. The Labute approximate surface area is 143 Å². The molecular formula is C16H10BrF3N4. The summed E-state index contributed by atoms with van der Waals surface area (Å²) in [6.07, 6.45) is 1.45. The van der Waals surface area contributed by atoms with Crippen LogP contribution in [0, 0.1) is 17.5 Å². The molecule has 1 heterocycles. The predicted octanol–water partition coefficient (Wildman–Crippen LogP) is 5.14. The molecule has 8 heteroatoms. The van der Waals surface area contributed by atoms with Crippen LogP contribution in [0.5, 0.6) is 0 Å². The third kappa shape index (κ3) is 3.65. The summed E-state index contributed by atoms with van der Waals surface area (Å²) >= 11 is 3.35. The van der Waals surface area contributed by atoms with E-state index < -0.39 is 17.5 Å². The molecule has 0 aliphatic carbocycles. The highest BCUT2D eigenvalue weighted by atomic mass is 79.9. The summed E-state index contributed by atoms with van der Waals surface area (Å²) in [5.74, 6) is -3.61. The average molecular weight is 395 g/mol. The van der Waals surface area contributed by atoms with Gasteiger partial charge in [-0.05, 0) is 36.4 Å². The van der Waals surface area contributed by atoms with Crippen LogP contribution in [0.2, 0.25) is 0 Å². The summed E-state index contributed by atoms with van der Waals surface area (Å²) in [5.41, 5.74) is 0.529. The number of hydrogen-bond donors (Lipinski definition) is 2. The Kier molecular flexibility index (Phi) is 4.66. The topological polar surface area (TPSA) is 49.8 Å². The number of rotatable bonds is 4. The molecule has 2 aromatic carbocycles. The van der Waals surface area contributed by atoms with Crippen LogP contribution in [-0.4, -0.2) is 9.97 Å². The van der Waals surface area contributed by atoms with Gasteiger partial charge < -0.3 is 10.6 Å². The minimum atomic E-state index is -1.54. The lowest BCUT2D eigenvalue weighted by Gasteiger charge is -2.10. The summed E-state index contributed by atoms with van der Waals surface area (Å²) < 4.78 is 40.8. The van der Waals surface area contributed by atoms with Gasteiger partial charge in [-0.15, -0.1) is 0 Å². The molecule has 2 N–H and O–H groups in total. The SMILES string of the molecule is Fc1ccc(Nc2ccnc(Nc3cccc(Br)c3)n2)c(F)c1F. The fourth-order valence-electron chi connectivity index (χ4n) is 1.94. The smallest absolute Gasteiger partial charge is 0.229 e. The lowest BCUT2D eigenvalue weighted by molar-refractivity contribution is 0.449. The summed E-state index contributed by atoms with van der Waals surface area (Å²) in [6, 6.07) is 10.8. The van der Waals surface area contributed by atoms with E-state index in [9.17, 15) is 13.2 Å². The number of halogens is 4. The van der Waals surface area contributed by atoms with Gasteiger partial charge in [0.1, 0.15) is 5.82 Å². The zero-order valence-electron chi connectivity index (χ0n) is 12.0. The van der Waals surface area contributed by atoms with E-state index in [1.807, 2.05) is 24.3 Å². The first kappa shape index (κ1) is 16.3. The Morgan fingerprint density at radius 2 is 1.75 bits per heavy atom. The van der Waals surface area contributed by atoms with Gasteiger partial charge in [0, 0.05) is 16.4 Å². The lowest BCUT2D eigenvalue weighted by Crippen LogP contribution is -2.03. The average Bonchev–Trinajstić information content (AvgIpc) is 2.56. The zero-order valence-corrected chi connectivity index (χ0v) is 13.6. The molecule has 0 saturated heterocycles.